The lowest BCUT2D eigenvalue weighted by molar-refractivity contribution is -0.137. The number of benzene rings is 3. The van der Waals surface area contributed by atoms with Crippen LogP contribution in [-0.4, -0.2) is 62.3 Å². The van der Waals surface area contributed by atoms with E-state index in [1.807, 2.05) is 12.1 Å². The Bertz CT molecular complexity index is 1430. The van der Waals surface area contributed by atoms with E-state index in [-0.39, 0.29) is 16.8 Å². The molecule has 3 aromatic rings. The average Bonchev–Trinajstić information content (AvgIpc) is 2.97. The van der Waals surface area contributed by atoms with E-state index in [9.17, 15) is 22.8 Å². The fraction of sp³-hybridized carbons (Fsp3) is 0.276. The van der Waals surface area contributed by atoms with Crippen molar-refractivity contribution >= 4 is 51.2 Å². The van der Waals surface area contributed by atoms with Gasteiger partial charge in [0.25, 0.3) is 11.8 Å². The minimum absolute atomic E-state index is 0.0885. The van der Waals surface area contributed by atoms with Crippen molar-refractivity contribution in [1.82, 2.24) is 15.6 Å². The number of hydrogen-bond acceptors (Lipinski definition) is 6. The van der Waals surface area contributed by atoms with Gasteiger partial charge in [-0.3, -0.25) is 14.5 Å². The predicted octanol–water partition coefficient (Wildman–Crippen LogP) is 5.56. The molecule has 13 heteroatoms. The summed E-state index contributed by atoms with van der Waals surface area (Å²) in [5.74, 6) is -1.09. The van der Waals surface area contributed by atoms with Crippen LogP contribution >= 0.6 is 27.5 Å². The van der Waals surface area contributed by atoms with Gasteiger partial charge in [0.15, 0.2) is 0 Å². The number of rotatable bonds is 10. The summed E-state index contributed by atoms with van der Waals surface area (Å²) in [5, 5.41) is 9.47. The van der Waals surface area contributed by atoms with E-state index in [0.29, 0.717) is 16.6 Å². The Balaban J connectivity index is 1.34. The average molecular weight is 667 g/mol. The Morgan fingerprint density at radius 2 is 1.76 bits per heavy atom. The van der Waals surface area contributed by atoms with Gasteiger partial charge in [-0.1, -0.05) is 45.7 Å². The lowest BCUT2D eigenvalue weighted by Crippen LogP contribution is -2.40. The molecule has 0 unspecified atom stereocenters. The number of carbonyl (C=O) groups is 2. The number of amides is 2. The molecule has 3 aromatic carbocycles. The molecule has 1 heterocycles. The normalized spacial score (nSPS) is 14.2. The lowest BCUT2D eigenvalue weighted by atomic mass is 10.1. The summed E-state index contributed by atoms with van der Waals surface area (Å²) in [6.45, 7) is 5.86. The second kappa shape index (κ2) is 14.7. The van der Waals surface area contributed by atoms with Crippen molar-refractivity contribution in [3.05, 3.63) is 98.0 Å². The van der Waals surface area contributed by atoms with Crippen LogP contribution in [0, 0.1) is 0 Å². The smallest absolute Gasteiger partial charge is 0.379 e. The number of anilines is 1. The Labute approximate surface area is 254 Å². The molecule has 222 valence electrons. The molecule has 1 fully saturated rings. The SMILES string of the molecule is O=C(Nc1ccc(Br)cc1C(=O)N/N=C\c1ccc(Cl)c(C(F)(F)F)c1)c1ccc(CNCCN2CCOCC2)cc1. The minimum atomic E-state index is -4.63. The Kier molecular flexibility index (Phi) is 11.1. The molecule has 0 bridgehead atoms. The molecular weight excluding hydrogens is 639 g/mol. The van der Waals surface area contributed by atoms with Crippen LogP contribution in [0.1, 0.15) is 37.4 Å². The van der Waals surface area contributed by atoms with E-state index in [1.54, 1.807) is 24.3 Å². The van der Waals surface area contributed by atoms with E-state index >= 15 is 0 Å². The Morgan fingerprint density at radius 3 is 2.48 bits per heavy atom. The highest BCUT2D eigenvalue weighted by atomic mass is 79.9. The third-order valence-electron chi connectivity index (χ3n) is 6.40. The van der Waals surface area contributed by atoms with Crippen molar-refractivity contribution in [2.24, 2.45) is 5.10 Å². The number of carbonyl (C=O) groups excluding carboxylic acids is 2. The Hall–Kier alpha value is -3.29. The lowest BCUT2D eigenvalue weighted by Gasteiger charge is -2.26. The number of hydrogen-bond donors (Lipinski definition) is 3. The molecule has 0 aromatic heterocycles. The first kappa shape index (κ1) is 31.6. The first-order valence-electron chi connectivity index (χ1n) is 13.0. The van der Waals surface area contributed by atoms with Crippen LogP contribution in [0.4, 0.5) is 18.9 Å². The summed E-state index contributed by atoms with van der Waals surface area (Å²) >= 11 is 8.95. The van der Waals surface area contributed by atoms with Crippen molar-refractivity contribution in [2.75, 3.05) is 44.7 Å². The van der Waals surface area contributed by atoms with Crippen molar-refractivity contribution in [3.63, 3.8) is 0 Å². The number of nitrogens with one attached hydrogen (secondary N) is 3. The van der Waals surface area contributed by atoms with Gasteiger partial charge in [-0.25, -0.2) is 5.43 Å². The van der Waals surface area contributed by atoms with Crippen molar-refractivity contribution < 1.29 is 27.5 Å². The molecule has 42 heavy (non-hydrogen) atoms. The van der Waals surface area contributed by atoms with Crippen LogP contribution in [0.2, 0.25) is 5.02 Å². The maximum Gasteiger partial charge on any atom is 0.417 e. The zero-order chi connectivity index (χ0) is 30.1. The van der Waals surface area contributed by atoms with Crippen LogP contribution in [0.3, 0.4) is 0 Å². The summed E-state index contributed by atoms with van der Waals surface area (Å²) in [6, 6.07) is 15.1. The standard InChI is InChI=1S/C29H28BrClF3N5O3/c30-22-6-8-26(23(16-22)28(41)38-36-18-20-3-7-25(31)24(15-20)29(32,33)34)37-27(40)21-4-1-19(2-5-21)17-35-9-10-39-11-13-42-14-12-39/h1-8,15-16,18,35H,9-14,17H2,(H,37,40)(H,38,41)/b36-18-. The maximum absolute atomic E-state index is 13.1. The van der Waals surface area contributed by atoms with Crippen LogP contribution in [-0.2, 0) is 17.5 Å². The number of hydrazone groups is 1. The highest BCUT2D eigenvalue weighted by Crippen LogP contribution is 2.34. The monoisotopic (exact) mass is 665 g/mol. The van der Waals surface area contributed by atoms with E-state index in [1.165, 1.54) is 12.1 Å². The molecule has 1 aliphatic rings. The molecule has 1 aliphatic heterocycles. The number of morpholine rings is 1. The fourth-order valence-corrected chi connectivity index (χ4v) is 4.73. The molecule has 2 amide bonds. The largest absolute Gasteiger partial charge is 0.417 e. The first-order chi connectivity index (χ1) is 20.1. The van der Waals surface area contributed by atoms with Gasteiger partial charge < -0.3 is 15.4 Å². The van der Waals surface area contributed by atoms with Gasteiger partial charge in [-0.05, 0) is 53.6 Å². The van der Waals surface area contributed by atoms with Gasteiger partial charge in [0.2, 0.25) is 0 Å². The van der Waals surface area contributed by atoms with E-state index in [4.69, 9.17) is 16.3 Å². The second-order valence-corrected chi connectivity index (χ2v) is 10.7. The highest BCUT2D eigenvalue weighted by Gasteiger charge is 2.33. The first-order valence-corrected chi connectivity index (χ1v) is 14.2. The molecule has 8 nitrogen and oxygen atoms in total. The molecule has 3 N–H and O–H groups in total. The maximum atomic E-state index is 13.1. The molecular formula is C29H28BrClF3N5O3. The molecule has 0 radical (unpaired) electrons. The van der Waals surface area contributed by atoms with E-state index < -0.39 is 28.6 Å². The van der Waals surface area contributed by atoms with Gasteiger partial charge in [-0.2, -0.15) is 18.3 Å². The summed E-state index contributed by atoms with van der Waals surface area (Å²) < 4.78 is 45.3. The van der Waals surface area contributed by atoms with Crippen LogP contribution in [0.15, 0.2) is 70.2 Å². The molecule has 0 aliphatic carbocycles. The molecule has 0 saturated carbocycles. The summed E-state index contributed by atoms with van der Waals surface area (Å²) in [5.41, 5.74) is 3.12. The quantitative estimate of drug-likeness (QED) is 0.150. The van der Waals surface area contributed by atoms with E-state index in [0.717, 1.165) is 63.3 Å². The van der Waals surface area contributed by atoms with Crippen LogP contribution in [0.5, 0.6) is 0 Å². The predicted molar refractivity (Wildman–Crippen MR) is 159 cm³/mol. The van der Waals surface area contributed by atoms with Gasteiger partial charge in [0, 0.05) is 42.8 Å². The number of nitrogens with zero attached hydrogens (tertiary/aromatic N) is 2. The number of alkyl halides is 3. The van der Waals surface area contributed by atoms with Gasteiger partial charge in [0.05, 0.1) is 41.3 Å². The minimum Gasteiger partial charge on any atom is -0.379 e. The topological polar surface area (TPSA) is 95.1 Å². The van der Waals surface area contributed by atoms with Crippen molar-refractivity contribution in [1.29, 1.82) is 0 Å². The van der Waals surface area contributed by atoms with Crippen molar-refractivity contribution in [2.45, 2.75) is 12.7 Å². The van der Waals surface area contributed by atoms with Gasteiger partial charge in [-0.15, -0.1) is 0 Å². The molecule has 0 spiro atoms. The van der Waals surface area contributed by atoms with E-state index in [2.05, 4.69) is 42.0 Å². The van der Waals surface area contributed by atoms with Crippen LogP contribution < -0.4 is 16.1 Å². The zero-order valence-electron chi connectivity index (χ0n) is 22.3. The third kappa shape index (κ3) is 9.10. The summed E-state index contributed by atoms with van der Waals surface area (Å²) in [6.07, 6.45) is -3.56. The van der Waals surface area contributed by atoms with Crippen molar-refractivity contribution in [3.8, 4) is 0 Å². The second-order valence-electron chi connectivity index (χ2n) is 9.41. The molecule has 0 atom stereocenters. The third-order valence-corrected chi connectivity index (χ3v) is 7.23. The fourth-order valence-electron chi connectivity index (χ4n) is 4.14. The highest BCUT2D eigenvalue weighted by molar-refractivity contribution is 9.10. The Morgan fingerprint density at radius 1 is 1.02 bits per heavy atom. The summed E-state index contributed by atoms with van der Waals surface area (Å²) in [4.78, 5) is 28.2. The molecule has 1 saturated heterocycles. The van der Waals surface area contributed by atoms with Crippen LogP contribution in [0.25, 0.3) is 0 Å². The summed E-state index contributed by atoms with van der Waals surface area (Å²) in [7, 11) is 0. The number of halogens is 5. The van der Waals surface area contributed by atoms with Gasteiger partial charge >= 0.3 is 6.18 Å². The zero-order valence-corrected chi connectivity index (χ0v) is 24.7. The van der Waals surface area contributed by atoms with Gasteiger partial charge in [0.1, 0.15) is 0 Å². The molecule has 4 rings (SSSR count). The number of ether oxygens (including phenoxy) is 1.